The average molecular weight is 266 g/mol. The second-order valence-corrected chi connectivity index (χ2v) is 4.49. The van der Waals surface area contributed by atoms with Crippen molar-refractivity contribution in [2.75, 3.05) is 16.8 Å². The summed E-state index contributed by atoms with van der Waals surface area (Å²) in [6.45, 7) is 1.94. The number of aromatic nitrogens is 3. The predicted octanol–water partition coefficient (Wildman–Crippen LogP) is 2.24. The molecule has 6 nitrogen and oxygen atoms in total. The van der Waals surface area contributed by atoms with Gasteiger partial charge in [0.05, 0.1) is 11.2 Å². The van der Waals surface area contributed by atoms with E-state index >= 15 is 0 Å². The zero-order valence-corrected chi connectivity index (χ0v) is 11.0. The maximum atomic E-state index is 5.67. The van der Waals surface area contributed by atoms with Gasteiger partial charge in [0.1, 0.15) is 11.6 Å². The summed E-state index contributed by atoms with van der Waals surface area (Å²) in [5.74, 6) is 1.03. The van der Waals surface area contributed by atoms with Gasteiger partial charge in [0, 0.05) is 17.1 Å². The molecule has 0 fully saturated rings. The summed E-state index contributed by atoms with van der Waals surface area (Å²) in [4.78, 5) is 12.5. The van der Waals surface area contributed by atoms with Gasteiger partial charge in [-0.1, -0.05) is 18.2 Å². The fourth-order valence-corrected chi connectivity index (χ4v) is 2.10. The van der Waals surface area contributed by atoms with Crippen LogP contribution in [0, 0.1) is 6.92 Å². The lowest BCUT2D eigenvalue weighted by molar-refractivity contribution is 1.19. The van der Waals surface area contributed by atoms with Gasteiger partial charge in [-0.15, -0.1) is 0 Å². The van der Waals surface area contributed by atoms with Crippen molar-refractivity contribution in [3.05, 3.63) is 42.1 Å². The van der Waals surface area contributed by atoms with Crippen LogP contribution in [-0.2, 0) is 0 Å². The van der Waals surface area contributed by atoms with Gasteiger partial charge in [0.2, 0.25) is 5.95 Å². The molecular weight excluding hydrogens is 252 g/mol. The SMILES string of the molecule is Cc1cc(Nc2cc(N)nc(N)n2)c2ccccc2n1. The minimum absolute atomic E-state index is 0.141. The maximum absolute atomic E-state index is 5.67. The van der Waals surface area contributed by atoms with Crippen molar-refractivity contribution in [1.29, 1.82) is 0 Å². The van der Waals surface area contributed by atoms with E-state index in [1.165, 1.54) is 0 Å². The van der Waals surface area contributed by atoms with E-state index < -0.39 is 0 Å². The lowest BCUT2D eigenvalue weighted by Crippen LogP contribution is -2.03. The van der Waals surface area contributed by atoms with Gasteiger partial charge >= 0.3 is 0 Å². The molecule has 0 aliphatic carbocycles. The number of benzene rings is 1. The van der Waals surface area contributed by atoms with Crippen LogP contribution >= 0.6 is 0 Å². The van der Waals surface area contributed by atoms with Crippen LogP contribution in [0.4, 0.5) is 23.3 Å². The Bertz CT molecular complexity index is 763. The molecule has 5 N–H and O–H groups in total. The van der Waals surface area contributed by atoms with Crippen LogP contribution in [0.25, 0.3) is 10.9 Å². The molecule has 2 aromatic heterocycles. The lowest BCUT2D eigenvalue weighted by Gasteiger charge is -2.10. The molecule has 3 rings (SSSR count). The van der Waals surface area contributed by atoms with Crippen molar-refractivity contribution in [1.82, 2.24) is 15.0 Å². The molecule has 0 atom stereocenters. The molecular formula is C14H14N6. The van der Waals surface area contributed by atoms with Gasteiger partial charge < -0.3 is 16.8 Å². The third-order valence-corrected chi connectivity index (χ3v) is 2.87. The summed E-state index contributed by atoms with van der Waals surface area (Å²) in [5, 5.41) is 4.23. The summed E-state index contributed by atoms with van der Waals surface area (Å²) < 4.78 is 0. The fraction of sp³-hybridized carbons (Fsp3) is 0.0714. The van der Waals surface area contributed by atoms with Crippen LogP contribution in [0.1, 0.15) is 5.69 Å². The molecule has 100 valence electrons. The predicted molar refractivity (Wildman–Crippen MR) is 80.6 cm³/mol. The molecule has 0 spiro atoms. The molecule has 0 amide bonds. The van der Waals surface area contributed by atoms with Crippen LogP contribution in [0.2, 0.25) is 0 Å². The smallest absolute Gasteiger partial charge is 0.223 e. The number of anilines is 4. The molecule has 0 saturated carbocycles. The minimum atomic E-state index is 0.141. The summed E-state index contributed by atoms with van der Waals surface area (Å²) in [6.07, 6.45) is 0. The molecule has 20 heavy (non-hydrogen) atoms. The molecule has 0 unspecified atom stereocenters. The van der Waals surface area contributed by atoms with Crippen molar-refractivity contribution in [2.24, 2.45) is 0 Å². The third kappa shape index (κ3) is 2.31. The maximum Gasteiger partial charge on any atom is 0.223 e. The third-order valence-electron chi connectivity index (χ3n) is 2.87. The highest BCUT2D eigenvalue weighted by Crippen LogP contribution is 2.26. The number of nitrogens with zero attached hydrogens (tertiary/aromatic N) is 3. The van der Waals surface area contributed by atoms with E-state index in [9.17, 15) is 0 Å². The van der Waals surface area contributed by atoms with Crippen molar-refractivity contribution in [2.45, 2.75) is 6.92 Å². The number of fused-ring (bicyclic) bond motifs is 1. The highest BCUT2D eigenvalue weighted by Gasteiger charge is 2.06. The Morgan fingerprint density at radius 2 is 1.80 bits per heavy atom. The molecule has 0 aliphatic rings. The quantitative estimate of drug-likeness (QED) is 0.657. The topological polar surface area (TPSA) is 103 Å². The normalized spacial score (nSPS) is 10.7. The number of pyridine rings is 1. The van der Waals surface area contributed by atoms with E-state index in [2.05, 4.69) is 20.3 Å². The first-order valence-corrected chi connectivity index (χ1v) is 6.15. The first-order chi connectivity index (χ1) is 9.61. The van der Waals surface area contributed by atoms with E-state index in [0.717, 1.165) is 22.3 Å². The van der Waals surface area contributed by atoms with E-state index in [0.29, 0.717) is 11.6 Å². The number of nitrogens with one attached hydrogen (secondary N) is 1. The first kappa shape index (κ1) is 12.2. The van der Waals surface area contributed by atoms with Crippen LogP contribution in [-0.4, -0.2) is 15.0 Å². The second-order valence-electron chi connectivity index (χ2n) is 4.49. The van der Waals surface area contributed by atoms with Gasteiger partial charge in [-0.25, -0.2) is 0 Å². The fourth-order valence-electron chi connectivity index (χ4n) is 2.10. The second kappa shape index (κ2) is 4.65. The minimum Gasteiger partial charge on any atom is -0.383 e. The van der Waals surface area contributed by atoms with Crippen molar-refractivity contribution < 1.29 is 0 Å². The molecule has 0 radical (unpaired) electrons. The Morgan fingerprint density at radius 1 is 1.00 bits per heavy atom. The van der Waals surface area contributed by atoms with E-state index in [4.69, 9.17) is 11.5 Å². The zero-order valence-electron chi connectivity index (χ0n) is 11.0. The molecule has 2 heterocycles. The van der Waals surface area contributed by atoms with E-state index in [1.807, 2.05) is 37.3 Å². The number of hydrogen-bond acceptors (Lipinski definition) is 6. The standard InChI is InChI=1S/C14H14N6/c1-8-6-11(9-4-2-3-5-10(9)17-8)18-13-7-12(15)19-14(16)20-13/h2-7H,1H3,(H5,15,16,17,18,19,20). The lowest BCUT2D eigenvalue weighted by atomic mass is 10.1. The molecule has 6 heteroatoms. The van der Waals surface area contributed by atoms with Gasteiger partial charge in [-0.2, -0.15) is 9.97 Å². The largest absolute Gasteiger partial charge is 0.383 e. The van der Waals surface area contributed by atoms with Gasteiger partial charge in [0.25, 0.3) is 0 Å². The van der Waals surface area contributed by atoms with Gasteiger partial charge in [0.15, 0.2) is 0 Å². The Balaban J connectivity index is 2.10. The summed E-state index contributed by atoms with van der Waals surface area (Å²) >= 11 is 0. The summed E-state index contributed by atoms with van der Waals surface area (Å²) in [6, 6.07) is 11.5. The van der Waals surface area contributed by atoms with Crippen molar-refractivity contribution in [3.63, 3.8) is 0 Å². The van der Waals surface area contributed by atoms with Gasteiger partial charge in [-0.3, -0.25) is 4.98 Å². The van der Waals surface area contributed by atoms with E-state index in [-0.39, 0.29) is 5.95 Å². The highest BCUT2D eigenvalue weighted by atomic mass is 15.1. The van der Waals surface area contributed by atoms with Crippen molar-refractivity contribution >= 4 is 34.2 Å². The molecule has 0 saturated heterocycles. The molecule has 0 aliphatic heterocycles. The molecule has 1 aromatic carbocycles. The molecule has 0 bridgehead atoms. The first-order valence-electron chi connectivity index (χ1n) is 6.15. The number of nitrogens with two attached hydrogens (primary N) is 2. The number of hydrogen-bond donors (Lipinski definition) is 3. The number of para-hydroxylation sites is 1. The van der Waals surface area contributed by atoms with Crippen LogP contribution < -0.4 is 16.8 Å². The molecule has 3 aromatic rings. The Labute approximate surface area is 115 Å². The highest BCUT2D eigenvalue weighted by molar-refractivity contribution is 5.93. The van der Waals surface area contributed by atoms with E-state index in [1.54, 1.807) is 6.07 Å². The van der Waals surface area contributed by atoms with Crippen LogP contribution in [0.5, 0.6) is 0 Å². The van der Waals surface area contributed by atoms with Crippen LogP contribution in [0.3, 0.4) is 0 Å². The number of rotatable bonds is 2. The summed E-state index contributed by atoms with van der Waals surface area (Å²) in [5.41, 5.74) is 14.0. The zero-order chi connectivity index (χ0) is 14.1. The average Bonchev–Trinajstić information content (AvgIpc) is 2.37. The van der Waals surface area contributed by atoms with Crippen LogP contribution in [0.15, 0.2) is 36.4 Å². The Morgan fingerprint density at radius 3 is 2.60 bits per heavy atom. The number of nitrogen functional groups attached to an aromatic ring is 2. The number of aryl methyl sites for hydroxylation is 1. The Kier molecular flexibility index (Phi) is 2.83. The van der Waals surface area contributed by atoms with Crippen molar-refractivity contribution in [3.8, 4) is 0 Å². The monoisotopic (exact) mass is 266 g/mol. The summed E-state index contributed by atoms with van der Waals surface area (Å²) in [7, 11) is 0. The Hall–Kier alpha value is -2.89. The van der Waals surface area contributed by atoms with Gasteiger partial charge in [-0.05, 0) is 19.1 Å².